The summed E-state index contributed by atoms with van der Waals surface area (Å²) in [6.07, 6.45) is 3.61. The number of carbonyl (C=O) groups excluding carboxylic acids is 1. The van der Waals surface area contributed by atoms with Crippen LogP contribution in [0.15, 0.2) is 0 Å². The number of amides is 1. The van der Waals surface area contributed by atoms with Gasteiger partial charge in [0.15, 0.2) is 0 Å². The molecule has 20 heavy (non-hydrogen) atoms. The minimum absolute atomic E-state index is 0.0887. The van der Waals surface area contributed by atoms with E-state index in [4.69, 9.17) is 0 Å². The van der Waals surface area contributed by atoms with Gasteiger partial charge in [0.2, 0.25) is 15.9 Å². The van der Waals surface area contributed by atoms with E-state index < -0.39 is 10.0 Å². The van der Waals surface area contributed by atoms with Crippen LogP contribution in [0.1, 0.15) is 32.6 Å². The number of nitrogens with one attached hydrogen (secondary N) is 2. The van der Waals surface area contributed by atoms with Crippen molar-refractivity contribution in [2.24, 2.45) is 5.92 Å². The maximum atomic E-state index is 12.1. The molecule has 0 aromatic carbocycles. The summed E-state index contributed by atoms with van der Waals surface area (Å²) in [6.45, 7) is 4.40. The van der Waals surface area contributed by atoms with Gasteiger partial charge in [0, 0.05) is 13.6 Å². The van der Waals surface area contributed by atoms with Gasteiger partial charge < -0.3 is 10.6 Å². The van der Waals surface area contributed by atoms with E-state index in [-0.39, 0.29) is 18.2 Å². The van der Waals surface area contributed by atoms with Crippen molar-refractivity contribution in [3.8, 4) is 0 Å². The Hall–Kier alpha value is -0.660. The average molecular weight is 305 g/mol. The summed E-state index contributed by atoms with van der Waals surface area (Å²) in [5, 5.41) is 5.95. The van der Waals surface area contributed by atoms with Gasteiger partial charge in [-0.1, -0.05) is 6.92 Å². The highest BCUT2D eigenvalue weighted by molar-refractivity contribution is 7.89. The molecule has 0 spiro atoms. The molecular formula is C13H27N3O3S. The van der Waals surface area contributed by atoms with E-state index in [2.05, 4.69) is 10.6 Å². The molecule has 0 aliphatic carbocycles. The lowest BCUT2D eigenvalue weighted by Crippen LogP contribution is -2.40. The first-order valence-electron chi connectivity index (χ1n) is 7.37. The average Bonchev–Trinajstić information content (AvgIpc) is 2.44. The van der Waals surface area contributed by atoms with Gasteiger partial charge in [0.25, 0.3) is 0 Å². The predicted octanol–water partition coefficient (Wildman–Crippen LogP) is 0.164. The first-order chi connectivity index (χ1) is 9.45. The Kier molecular flexibility index (Phi) is 7.47. The quantitative estimate of drug-likeness (QED) is 0.670. The summed E-state index contributed by atoms with van der Waals surface area (Å²) in [6, 6.07) is 0. The fourth-order valence-corrected chi connectivity index (χ4v) is 3.52. The minimum atomic E-state index is -3.33. The van der Waals surface area contributed by atoms with Crippen molar-refractivity contribution in [3.05, 3.63) is 0 Å². The molecule has 118 valence electrons. The molecule has 2 N–H and O–H groups in total. The van der Waals surface area contributed by atoms with Crippen LogP contribution < -0.4 is 10.6 Å². The molecule has 0 aromatic heterocycles. The van der Waals surface area contributed by atoms with Crippen LogP contribution in [0, 0.1) is 5.92 Å². The molecule has 0 bridgehead atoms. The van der Waals surface area contributed by atoms with Crippen LogP contribution in [0.25, 0.3) is 0 Å². The number of rotatable bonds is 8. The van der Waals surface area contributed by atoms with Crippen LogP contribution >= 0.6 is 0 Å². The van der Waals surface area contributed by atoms with Crippen LogP contribution in [0.2, 0.25) is 0 Å². The molecule has 1 amide bonds. The Morgan fingerprint density at radius 3 is 2.60 bits per heavy atom. The highest BCUT2D eigenvalue weighted by atomic mass is 32.2. The van der Waals surface area contributed by atoms with Crippen LogP contribution in [0.4, 0.5) is 0 Å². The molecule has 6 nitrogen and oxygen atoms in total. The number of piperidine rings is 1. The molecule has 1 aliphatic rings. The molecule has 0 saturated carbocycles. The molecule has 1 saturated heterocycles. The molecule has 7 heteroatoms. The van der Waals surface area contributed by atoms with Crippen molar-refractivity contribution in [2.45, 2.75) is 32.6 Å². The van der Waals surface area contributed by atoms with E-state index in [1.807, 2.05) is 6.92 Å². The van der Waals surface area contributed by atoms with E-state index in [0.29, 0.717) is 18.9 Å². The third-order valence-corrected chi connectivity index (χ3v) is 5.49. The zero-order valence-corrected chi connectivity index (χ0v) is 13.3. The second-order valence-electron chi connectivity index (χ2n) is 5.40. The van der Waals surface area contributed by atoms with Crippen LogP contribution in [0.5, 0.6) is 0 Å². The number of hydrogen-bond donors (Lipinski definition) is 2. The summed E-state index contributed by atoms with van der Waals surface area (Å²) in [5.74, 6) is 0.378. The smallest absolute Gasteiger partial charge is 0.235 e. The summed E-state index contributed by atoms with van der Waals surface area (Å²) in [4.78, 5) is 11.5. The van der Waals surface area contributed by atoms with Crippen LogP contribution in [0.3, 0.4) is 0 Å². The topological polar surface area (TPSA) is 78.5 Å². The minimum Gasteiger partial charge on any atom is -0.355 e. The highest BCUT2D eigenvalue weighted by Gasteiger charge is 2.22. The maximum Gasteiger partial charge on any atom is 0.235 e. The maximum absolute atomic E-state index is 12.1. The number of likely N-dealkylation sites (N-methyl/N-ethyl adjacent to an activating group) is 1. The lowest BCUT2D eigenvalue weighted by atomic mass is 9.96. The molecule has 0 aromatic rings. The first-order valence-corrected chi connectivity index (χ1v) is 8.98. The predicted molar refractivity (Wildman–Crippen MR) is 79.9 cm³/mol. The Morgan fingerprint density at radius 2 is 2.00 bits per heavy atom. The molecule has 0 atom stereocenters. The SMILES string of the molecule is CCCNC(=O)CN(C)S(=O)(=O)CCC1CCNCC1. The molecule has 0 unspecified atom stereocenters. The van der Waals surface area contributed by atoms with Crippen LogP contribution in [-0.2, 0) is 14.8 Å². The zero-order chi connectivity index (χ0) is 15.0. The van der Waals surface area contributed by atoms with E-state index in [0.717, 1.165) is 32.4 Å². The first kappa shape index (κ1) is 17.4. The van der Waals surface area contributed by atoms with Crippen molar-refractivity contribution in [1.82, 2.24) is 14.9 Å². The van der Waals surface area contributed by atoms with Gasteiger partial charge in [-0.3, -0.25) is 4.79 Å². The third-order valence-electron chi connectivity index (χ3n) is 3.66. The van der Waals surface area contributed by atoms with Gasteiger partial charge in [-0.15, -0.1) is 0 Å². The summed E-state index contributed by atoms with van der Waals surface area (Å²) >= 11 is 0. The van der Waals surface area contributed by atoms with Crippen molar-refractivity contribution in [1.29, 1.82) is 0 Å². The Morgan fingerprint density at radius 1 is 1.35 bits per heavy atom. The largest absolute Gasteiger partial charge is 0.355 e. The normalized spacial score (nSPS) is 17.4. The van der Waals surface area contributed by atoms with E-state index in [9.17, 15) is 13.2 Å². The number of hydrogen-bond acceptors (Lipinski definition) is 4. The highest BCUT2D eigenvalue weighted by Crippen LogP contribution is 2.17. The Labute approximate surface area is 122 Å². The number of nitrogens with zero attached hydrogens (tertiary/aromatic N) is 1. The third kappa shape index (κ3) is 6.19. The lowest BCUT2D eigenvalue weighted by molar-refractivity contribution is -0.121. The molecular weight excluding hydrogens is 278 g/mol. The fourth-order valence-electron chi connectivity index (χ4n) is 2.26. The second-order valence-corrected chi connectivity index (χ2v) is 7.60. The van der Waals surface area contributed by atoms with E-state index >= 15 is 0 Å². The van der Waals surface area contributed by atoms with Crippen molar-refractivity contribution in [3.63, 3.8) is 0 Å². The molecule has 1 fully saturated rings. The summed E-state index contributed by atoms with van der Waals surface area (Å²) in [5.41, 5.74) is 0. The van der Waals surface area contributed by atoms with E-state index in [1.165, 1.54) is 11.4 Å². The molecule has 1 heterocycles. The molecule has 1 aliphatic heterocycles. The summed E-state index contributed by atoms with van der Waals surface area (Å²) in [7, 11) is -1.85. The van der Waals surface area contributed by atoms with Crippen LogP contribution in [-0.4, -0.2) is 57.6 Å². The van der Waals surface area contributed by atoms with Crippen molar-refractivity contribution in [2.75, 3.05) is 39.0 Å². The number of carbonyl (C=O) groups is 1. The lowest BCUT2D eigenvalue weighted by Gasteiger charge is -2.23. The Bertz CT molecular complexity index is 392. The van der Waals surface area contributed by atoms with Gasteiger partial charge in [-0.05, 0) is 44.7 Å². The van der Waals surface area contributed by atoms with Gasteiger partial charge >= 0.3 is 0 Å². The van der Waals surface area contributed by atoms with Gasteiger partial charge in [-0.25, -0.2) is 8.42 Å². The Balaban J connectivity index is 2.36. The standard InChI is InChI=1S/C13H27N3O3S/c1-3-7-15-13(17)11-16(2)20(18,19)10-6-12-4-8-14-9-5-12/h12,14H,3-11H2,1-2H3,(H,15,17). The monoisotopic (exact) mass is 305 g/mol. The van der Waals surface area contributed by atoms with Crippen molar-refractivity contribution >= 4 is 15.9 Å². The van der Waals surface area contributed by atoms with Gasteiger partial charge in [0.1, 0.15) is 0 Å². The molecule has 0 radical (unpaired) electrons. The second kappa shape index (κ2) is 8.59. The fraction of sp³-hybridized carbons (Fsp3) is 0.923. The van der Waals surface area contributed by atoms with Gasteiger partial charge in [-0.2, -0.15) is 4.31 Å². The van der Waals surface area contributed by atoms with Gasteiger partial charge in [0.05, 0.1) is 12.3 Å². The zero-order valence-electron chi connectivity index (χ0n) is 12.5. The van der Waals surface area contributed by atoms with Crippen molar-refractivity contribution < 1.29 is 13.2 Å². The summed E-state index contributed by atoms with van der Waals surface area (Å²) < 4.78 is 25.4. The molecule has 1 rings (SSSR count). The number of sulfonamides is 1. The van der Waals surface area contributed by atoms with E-state index in [1.54, 1.807) is 0 Å².